The SMILES string of the molecule is CC(C)[C@H]1CC(O)[C@H]2[C@@H]3CCC4CC(=O)CC[C@]4(C)[C@H]3CC[C@]12C.O=C(O)c1ccccc1. The van der Waals surface area contributed by atoms with Crippen LogP contribution in [-0.2, 0) is 4.79 Å². The molecule has 4 aliphatic rings. The third-order valence-corrected chi connectivity index (χ3v) is 10.4. The van der Waals surface area contributed by atoms with Gasteiger partial charge in [-0.25, -0.2) is 4.79 Å². The zero-order valence-corrected chi connectivity index (χ0v) is 20.8. The van der Waals surface area contributed by atoms with Gasteiger partial charge in [0.1, 0.15) is 5.78 Å². The number of carboxylic acid groups (broad SMARTS) is 1. The number of ketones is 1. The van der Waals surface area contributed by atoms with E-state index >= 15 is 0 Å². The van der Waals surface area contributed by atoms with Crippen molar-refractivity contribution in [3.8, 4) is 0 Å². The smallest absolute Gasteiger partial charge is 0.335 e. The van der Waals surface area contributed by atoms with Crippen LogP contribution in [0, 0.1) is 46.3 Å². The third kappa shape index (κ3) is 4.29. The van der Waals surface area contributed by atoms with Crippen molar-refractivity contribution in [1.82, 2.24) is 0 Å². The molecule has 0 bridgehead atoms. The summed E-state index contributed by atoms with van der Waals surface area (Å²) in [5.41, 5.74) is 1.02. The summed E-state index contributed by atoms with van der Waals surface area (Å²) in [6.45, 7) is 9.68. The van der Waals surface area contributed by atoms with Crippen LogP contribution in [0.5, 0.6) is 0 Å². The summed E-state index contributed by atoms with van der Waals surface area (Å²) < 4.78 is 0. The number of Topliss-reactive ketones (excluding diaryl/α,β-unsaturated/α-hetero) is 1. The van der Waals surface area contributed by atoms with Crippen molar-refractivity contribution in [2.45, 2.75) is 85.2 Å². The van der Waals surface area contributed by atoms with Crippen LogP contribution in [-0.4, -0.2) is 28.1 Å². The van der Waals surface area contributed by atoms with Gasteiger partial charge >= 0.3 is 5.97 Å². The minimum atomic E-state index is -0.879. The van der Waals surface area contributed by atoms with Crippen LogP contribution in [0.15, 0.2) is 30.3 Å². The predicted molar refractivity (Wildman–Crippen MR) is 130 cm³/mol. The van der Waals surface area contributed by atoms with Gasteiger partial charge in [-0.15, -0.1) is 0 Å². The van der Waals surface area contributed by atoms with Crippen LogP contribution in [0.3, 0.4) is 0 Å². The summed E-state index contributed by atoms with van der Waals surface area (Å²) in [6, 6.07) is 8.30. The zero-order chi connectivity index (χ0) is 24.0. The molecular formula is C29H42O4. The molecule has 1 aromatic carbocycles. The van der Waals surface area contributed by atoms with Gasteiger partial charge in [-0.05, 0) is 97.0 Å². The first-order valence-corrected chi connectivity index (χ1v) is 13.1. The molecule has 0 saturated heterocycles. The maximum Gasteiger partial charge on any atom is 0.335 e. The number of benzene rings is 1. The number of carboxylic acids is 1. The molecular weight excluding hydrogens is 412 g/mol. The van der Waals surface area contributed by atoms with E-state index in [0.29, 0.717) is 51.8 Å². The topological polar surface area (TPSA) is 74.6 Å². The number of fused-ring (bicyclic) bond motifs is 5. The summed E-state index contributed by atoms with van der Waals surface area (Å²) in [5, 5.41) is 19.4. The number of carbonyl (C=O) groups excluding carboxylic acids is 1. The molecule has 0 amide bonds. The molecule has 4 nitrogen and oxygen atoms in total. The van der Waals surface area contributed by atoms with E-state index in [1.54, 1.807) is 30.3 Å². The maximum atomic E-state index is 12.0. The lowest BCUT2D eigenvalue weighted by Crippen LogP contribution is -2.55. The summed E-state index contributed by atoms with van der Waals surface area (Å²) in [6.07, 6.45) is 8.74. The Morgan fingerprint density at radius 1 is 1.03 bits per heavy atom. The number of carbonyl (C=O) groups is 2. The molecule has 0 radical (unpaired) electrons. The minimum Gasteiger partial charge on any atom is -0.478 e. The lowest BCUT2D eigenvalue weighted by Gasteiger charge is -2.60. The molecule has 4 aliphatic carbocycles. The second kappa shape index (κ2) is 9.17. The zero-order valence-electron chi connectivity index (χ0n) is 20.8. The van der Waals surface area contributed by atoms with Crippen molar-refractivity contribution in [1.29, 1.82) is 0 Å². The monoisotopic (exact) mass is 454 g/mol. The first-order valence-electron chi connectivity index (χ1n) is 13.1. The van der Waals surface area contributed by atoms with Gasteiger partial charge < -0.3 is 10.2 Å². The van der Waals surface area contributed by atoms with Crippen LogP contribution in [0.25, 0.3) is 0 Å². The first-order chi connectivity index (χ1) is 15.6. The van der Waals surface area contributed by atoms with Crippen molar-refractivity contribution in [3.63, 3.8) is 0 Å². The van der Waals surface area contributed by atoms with Crippen LogP contribution in [0.2, 0.25) is 0 Å². The van der Waals surface area contributed by atoms with Crippen molar-refractivity contribution in [3.05, 3.63) is 35.9 Å². The van der Waals surface area contributed by atoms with Gasteiger partial charge in [-0.1, -0.05) is 45.9 Å². The van der Waals surface area contributed by atoms with Gasteiger partial charge in [0.05, 0.1) is 11.7 Å². The van der Waals surface area contributed by atoms with Crippen molar-refractivity contribution >= 4 is 11.8 Å². The van der Waals surface area contributed by atoms with Crippen LogP contribution in [0.1, 0.15) is 89.4 Å². The second-order valence-electron chi connectivity index (χ2n) is 12.2. The van der Waals surface area contributed by atoms with E-state index in [1.807, 2.05) is 0 Å². The van der Waals surface area contributed by atoms with E-state index in [4.69, 9.17) is 5.11 Å². The number of aromatic carboxylic acids is 1. The molecule has 8 atom stereocenters. The molecule has 182 valence electrons. The molecule has 4 fully saturated rings. The highest BCUT2D eigenvalue weighted by atomic mass is 16.4. The van der Waals surface area contributed by atoms with E-state index in [-0.39, 0.29) is 6.10 Å². The number of hydrogen-bond acceptors (Lipinski definition) is 3. The Morgan fingerprint density at radius 3 is 2.33 bits per heavy atom. The van der Waals surface area contributed by atoms with Gasteiger partial charge in [-0.3, -0.25) is 4.79 Å². The molecule has 0 aliphatic heterocycles. The van der Waals surface area contributed by atoms with Crippen LogP contribution < -0.4 is 0 Å². The molecule has 33 heavy (non-hydrogen) atoms. The Labute approximate surface area is 199 Å². The Morgan fingerprint density at radius 2 is 1.73 bits per heavy atom. The molecule has 2 N–H and O–H groups in total. The summed E-state index contributed by atoms with van der Waals surface area (Å²) in [7, 11) is 0. The molecule has 0 aromatic heterocycles. The van der Waals surface area contributed by atoms with Gasteiger partial charge in [0.25, 0.3) is 0 Å². The first kappa shape index (κ1) is 24.4. The van der Waals surface area contributed by atoms with Crippen molar-refractivity contribution in [2.75, 3.05) is 0 Å². The molecule has 5 rings (SSSR count). The number of aliphatic hydroxyl groups is 1. The van der Waals surface area contributed by atoms with Gasteiger partial charge in [-0.2, -0.15) is 0 Å². The van der Waals surface area contributed by atoms with E-state index < -0.39 is 5.97 Å². The lowest BCUT2D eigenvalue weighted by atomic mass is 9.44. The average molecular weight is 455 g/mol. The van der Waals surface area contributed by atoms with E-state index in [0.717, 1.165) is 31.6 Å². The standard InChI is InChI=1S/C22H36O2.C7H6O2/c1-13(2)18-12-19(24)20-16-6-5-14-11-15(23)7-9-21(14,3)17(16)8-10-22(18,20)4;8-7(9)6-4-2-1-3-5-6/h13-14,16-20,24H,5-12H2,1-4H3;1-5H,(H,8,9)/t14?,16-,17+,18-,19?,20-,21+,22-;/m1./s1. The van der Waals surface area contributed by atoms with E-state index in [9.17, 15) is 14.7 Å². The predicted octanol–water partition coefficient (Wildman–Crippen LogP) is 6.23. The Hall–Kier alpha value is -1.68. The number of aliphatic hydroxyl groups excluding tert-OH is 1. The van der Waals surface area contributed by atoms with Crippen LogP contribution in [0.4, 0.5) is 0 Å². The van der Waals surface area contributed by atoms with Crippen LogP contribution >= 0.6 is 0 Å². The Bertz CT molecular complexity index is 864. The fraction of sp³-hybridized carbons (Fsp3) is 0.724. The summed E-state index contributed by atoms with van der Waals surface area (Å²) in [5.74, 6) is 3.51. The Kier molecular flexibility index (Phi) is 6.79. The second-order valence-corrected chi connectivity index (χ2v) is 12.2. The van der Waals surface area contributed by atoms with Crippen molar-refractivity contribution in [2.24, 2.45) is 46.3 Å². The average Bonchev–Trinajstić information content (AvgIpc) is 3.06. The van der Waals surface area contributed by atoms with E-state index in [2.05, 4.69) is 27.7 Å². The molecule has 0 heterocycles. The fourth-order valence-corrected chi connectivity index (χ4v) is 8.77. The number of rotatable bonds is 2. The summed E-state index contributed by atoms with van der Waals surface area (Å²) in [4.78, 5) is 22.2. The lowest BCUT2D eigenvalue weighted by molar-refractivity contribution is -0.146. The minimum absolute atomic E-state index is 0.0967. The molecule has 1 aromatic rings. The number of hydrogen-bond donors (Lipinski definition) is 2. The Balaban J connectivity index is 0.000000243. The quantitative estimate of drug-likeness (QED) is 0.556. The molecule has 4 saturated carbocycles. The highest BCUT2D eigenvalue weighted by molar-refractivity contribution is 5.87. The van der Waals surface area contributed by atoms with Crippen molar-refractivity contribution < 1.29 is 19.8 Å². The highest BCUT2D eigenvalue weighted by Crippen LogP contribution is 2.68. The molecule has 4 heteroatoms. The van der Waals surface area contributed by atoms with Gasteiger partial charge in [0, 0.05) is 12.8 Å². The fourth-order valence-electron chi connectivity index (χ4n) is 8.77. The highest BCUT2D eigenvalue weighted by Gasteiger charge is 2.62. The van der Waals surface area contributed by atoms with Gasteiger partial charge in [0.15, 0.2) is 0 Å². The van der Waals surface area contributed by atoms with E-state index in [1.165, 1.54) is 25.7 Å². The summed E-state index contributed by atoms with van der Waals surface area (Å²) >= 11 is 0. The third-order valence-electron chi connectivity index (χ3n) is 10.4. The van der Waals surface area contributed by atoms with Gasteiger partial charge in [0.2, 0.25) is 0 Å². The molecule has 2 unspecified atom stereocenters. The molecule has 0 spiro atoms. The largest absolute Gasteiger partial charge is 0.478 e. The normalized spacial score (nSPS) is 41.9. The maximum absolute atomic E-state index is 12.0.